The molecule has 0 aliphatic carbocycles. The Balaban J connectivity index is 1.82. The molecule has 0 saturated carbocycles. The number of benzene rings is 1. The lowest BCUT2D eigenvalue weighted by Gasteiger charge is -2.10. The molecule has 0 amide bonds. The lowest BCUT2D eigenvalue weighted by Crippen LogP contribution is -2.32. The Hall–Kier alpha value is -1.08. The van der Waals surface area contributed by atoms with E-state index in [0.717, 1.165) is 29.4 Å². The highest BCUT2D eigenvalue weighted by atomic mass is 32.2. The molecule has 19 heavy (non-hydrogen) atoms. The summed E-state index contributed by atoms with van der Waals surface area (Å²) >= 11 is 1.72. The first-order valence-corrected chi connectivity index (χ1v) is 7.19. The van der Waals surface area contributed by atoms with Crippen molar-refractivity contribution in [1.82, 2.24) is 5.32 Å². The minimum Gasteiger partial charge on any atom is -0.480 e. The number of carboxylic acids is 1. The van der Waals surface area contributed by atoms with Crippen LogP contribution in [0.3, 0.4) is 0 Å². The predicted octanol–water partition coefficient (Wildman–Crippen LogP) is 0.679. The van der Waals surface area contributed by atoms with Crippen LogP contribution >= 0.6 is 11.8 Å². The van der Waals surface area contributed by atoms with Crippen LogP contribution in [-0.4, -0.2) is 42.3 Å². The van der Waals surface area contributed by atoms with Crippen LogP contribution in [0.2, 0.25) is 0 Å². The first-order valence-electron chi connectivity index (χ1n) is 6.20. The third kappa shape index (κ3) is 4.50. The molecular weight excluding hydrogens is 264 g/mol. The number of nitrogens with one attached hydrogen (secondary N) is 1. The first kappa shape index (κ1) is 14.3. The highest BCUT2D eigenvalue weighted by Gasteiger charge is 2.14. The number of carbonyl (C=O) groups is 1. The van der Waals surface area contributed by atoms with Crippen LogP contribution < -0.4 is 11.1 Å². The second kappa shape index (κ2) is 6.91. The van der Waals surface area contributed by atoms with Gasteiger partial charge in [0, 0.05) is 17.2 Å². The molecule has 1 aromatic carbocycles. The molecule has 1 aliphatic heterocycles. The van der Waals surface area contributed by atoms with Gasteiger partial charge in [-0.2, -0.15) is 0 Å². The fourth-order valence-corrected chi connectivity index (χ4v) is 2.71. The first-order chi connectivity index (χ1) is 9.15. The van der Waals surface area contributed by atoms with Gasteiger partial charge < -0.3 is 15.6 Å². The number of nitrogens with two attached hydrogens (primary N) is 1. The average molecular weight is 282 g/mol. The number of aliphatic carboxylic acids is 1. The van der Waals surface area contributed by atoms with E-state index in [2.05, 4.69) is 5.32 Å². The molecule has 5 nitrogen and oxygen atoms in total. The largest absolute Gasteiger partial charge is 0.480 e. The van der Waals surface area contributed by atoms with E-state index in [1.807, 2.05) is 24.3 Å². The summed E-state index contributed by atoms with van der Waals surface area (Å²) in [6.45, 7) is 1.69. The monoisotopic (exact) mass is 282 g/mol. The zero-order valence-corrected chi connectivity index (χ0v) is 11.4. The Kier molecular flexibility index (Phi) is 5.21. The van der Waals surface area contributed by atoms with Gasteiger partial charge in [-0.3, -0.25) is 10.1 Å². The van der Waals surface area contributed by atoms with Gasteiger partial charge in [-0.1, -0.05) is 12.1 Å². The summed E-state index contributed by atoms with van der Waals surface area (Å²) in [5, 5.41) is 12.0. The van der Waals surface area contributed by atoms with Crippen LogP contribution in [0.1, 0.15) is 5.56 Å². The molecule has 0 radical (unpaired) electrons. The van der Waals surface area contributed by atoms with Crippen LogP contribution in [0, 0.1) is 0 Å². The quantitative estimate of drug-likeness (QED) is 0.665. The lowest BCUT2D eigenvalue weighted by molar-refractivity contribution is -0.138. The third-order valence-electron chi connectivity index (χ3n) is 2.89. The van der Waals surface area contributed by atoms with E-state index in [4.69, 9.17) is 15.6 Å². The second-order valence-electron chi connectivity index (χ2n) is 4.42. The van der Waals surface area contributed by atoms with E-state index in [1.54, 1.807) is 11.8 Å². The summed E-state index contributed by atoms with van der Waals surface area (Å²) in [6, 6.07) is 6.99. The standard InChI is InChI=1S/C13H18N2O3S/c14-11(13(16)17)7-9-1-3-10(4-2-9)19-8-12-15-5-6-18-12/h1-4,11-12,15H,5-8,14H2,(H,16,17). The molecule has 2 atom stereocenters. The lowest BCUT2D eigenvalue weighted by atomic mass is 10.1. The number of hydrogen-bond acceptors (Lipinski definition) is 5. The van der Waals surface area contributed by atoms with Gasteiger partial charge in [-0.05, 0) is 24.1 Å². The van der Waals surface area contributed by atoms with Gasteiger partial charge in [0.1, 0.15) is 12.3 Å². The molecule has 1 aliphatic rings. The second-order valence-corrected chi connectivity index (χ2v) is 5.51. The van der Waals surface area contributed by atoms with Crippen molar-refractivity contribution >= 4 is 17.7 Å². The fourth-order valence-electron chi connectivity index (χ4n) is 1.82. The van der Waals surface area contributed by atoms with Crippen LogP contribution in [0.5, 0.6) is 0 Å². The molecule has 6 heteroatoms. The van der Waals surface area contributed by atoms with E-state index >= 15 is 0 Å². The SMILES string of the molecule is NC(Cc1ccc(SCC2NCCO2)cc1)C(=O)O. The van der Waals surface area contributed by atoms with Gasteiger partial charge in [-0.15, -0.1) is 11.8 Å². The molecule has 4 N–H and O–H groups in total. The molecule has 0 bridgehead atoms. The van der Waals surface area contributed by atoms with Crippen LogP contribution in [0.25, 0.3) is 0 Å². The molecule has 104 valence electrons. The van der Waals surface area contributed by atoms with E-state index in [0.29, 0.717) is 6.42 Å². The Morgan fingerprint density at radius 1 is 1.53 bits per heavy atom. The van der Waals surface area contributed by atoms with Crippen molar-refractivity contribution in [2.75, 3.05) is 18.9 Å². The third-order valence-corrected chi connectivity index (χ3v) is 3.97. The molecule has 1 saturated heterocycles. The molecule has 2 unspecified atom stereocenters. The number of carboxylic acid groups (broad SMARTS) is 1. The highest BCUT2D eigenvalue weighted by molar-refractivity contribution is 7.99. The molecule has 0 spiro atoms. The van der Waals surface area contributed by atoms with Crippen molar-refractivity contribution < 1.29 is 14.6 Å². The molecule has 1 heterocycles. The van der Waals surface area contributed by atoms with E-state index in [-0.39, 0.29) is 6.23 Å². The summed E-state index contributed by atoms with van der Waals surface area (Å²) in [5.74, 6) is -0.100. The molecule has 1 fully saturated rings. The summed E-state index contributed by atoms with van der Waals surface area (Å²) in [7, 11) is 0. The Morgan fingerprint density at radius 3 is 2.84 bits per heavy atom. The normalized spacial score (nSPS) is 20.4. The van der Waals surface area contributed by atoms with Gasteiger partial charge >= 0.3 is 5.97 Å². The maximum Gasteiger partial charge on any atom is 0.320 e. The summed E-state index contributed by atoms with van der Waals surface area (Å²) in [4.78, 5) is 11.8. The van der Waals surface area contributed by atoms with Crippen molar-refractivity contribution in [3.05, 3.63) is 29.8 Å². The molecule has 2 rings (SSSR count). The van der Waals surface area contributed by atoms with Crippen LogP contribution in [0.15, 0.2) is 29.2 Å². The van der Waals surface area contributed by atoms with E-state index < -0.39 is 12.0 Å². The summed E-state index contributed by atoms with van der Waals surface area (Å²) in [6.07, 6.45) is 0.484. The topological polar surface area (TPSA) is 84.6 Å². The summed E-state index contributed by atoms with van der Waals surface area (Å²) in [5.41, 5.74) is 6.44. The maximum atomic E-state index is 10.7. The zero-order chi connectivity index (χ0) is 13.7. The molecule has 0 aromatic heterocycles. The Labute approximate surface area is 116 Å². The Bertz CT molecular complexity index is 418. The van der Waals surface area contributed by atoms with Crippen molar-refractivity contribution in [3.8, 4) is 0 Å². The number of thioether (sulfide) groups is 1. The Morgan fingerprint density at radius 2 is 2.26 bits per heavy atom. The number of hydrogen-bond donors (Lipinski definition) is 3. The van der Waals surface area contributed by atoms with Crippen molar-refractivity contribution in [2.24, 2.45) is 5.73 Å². The number of rotatable bonds is 6. The molecule has 1 aromatic rings. The van der Waals surface area contributed by atoms with Gasteiger partial charge in [0.05, 0.1) is 6.61 Å². The van der Waals surface area contributed by atoms with E-state index in [1.165, 1.54) is 0 Å². The van der Waals surface area contributed by atoms with Crippen LogP contribution in [0.4, 0.5) is 0 Å². The highest BCUT2D eigenvalue weighted by Crippen LogP contribution is 2.20. The zero-order valence-electron chi connectivity index (χ0n) is 10.5. The van der Waals surface area contributed by atoms with Crippen molar-refractivity contribution in [3.63, 3.8) is 0 Å². The predicted molar refractivity (Wildman–Crippen MR) is 74.2 cm³/mol. The van der Waals surface area contributed by atoms with Crippen molar-refractivity contribution in [1.29, 1.82) is 0 Å². The summed E-state index contributed by atoms with van der Waals surface area (Å²) < 4.78 is 5.46. The fraction of sp³-hybridized carbons (Fsp3) is 0.462. The number of ether oxygens (including phenoxy) is 1. The van der Waals surface area contributed by atoms with Crippen molar-refractivity contribution in [2.45, 2.75) is 23.6 Å². The minimum atomic E-state index is -0.970. The minimum absolute atomic E-state index is 0.130. The smallest absolute Gasteiger partial charge is 0.320 e. The van der Waals surface area contributed by atoms with E-state index in [9.17, 15) is 4.79 Å². The maximum absolute atomic E-state index is 10.7. The average Bonchev–Trinajstić information content (AvgIpc) is 2.91. The van der Waals surface area contributed by atoms with Gasteiger partial charge in [0.15, 0.2) is 0 Å². The van der Waals surface area contributed by atoms with Gasteiger partial charge in [0.2, 0.25) is 0 Å². The van der Waals surface area contributed by atoms with Crippen LogP contribution in [-0.2, 0) is 16.0 Å². The van der Waals surface area contributed by atoms with Gasteiger partial charge in [-0.25, -0.2) is 0 Å². The van der Waals surface area contributed by atoms with Gasteiger partial charge in [0.25, 0.3) is 0 Å². The molecular formula is C13H18N2O3S.